The van der Waals surface area contributed by atoms with Crippen molar-refractivity contribution in [2.24, 2.45) is 10.9 Å². The van der Waals surface area contributed by atoms with Crippen molar-refractivity contribution in [1.29, 1.82) is 0 Å². The molecule has 0 spiro atoms. The topological polar surface area (TPSA) is 74.7 Å². The number of oxime groups is 1. The van der Waals surface area contributed by atoms with Gasteiger partial charge in [-0.3, -0.25) is 0 Å². The second-order valence-corrected chi connectivity index (χ2v) is 3.64. The molecule has 0 unspecified atom stereocenters. The number of anilines is 1. The van der Waals surface area contributed by atoms with Crippen LogP contribution in [-0.4, -0.2) is 29.6 Å². The summed E-state index contributed by atoms with van der Waals surface area (Å²) in [5.41, 5.74) is 4.44. The fraction of sp³-hybridized carbons (Fsp3) is 0.400. The number of aromatic nitrogens is 1. The van der Waals surface area contributed by atoms with Crippen molar-refractivity contribution in [1.82, 2.24) is 4.98 Å². The molecule has 0 aliphatic rings. The van der Waals surface area contributed by atoms with Gasteiger partial charge in [0.2, 0.25) is 0 Å². The summed E-state index contributed by atoms with van der Waals surface area (Å²) in [6.45, 7) is 0.163. The predicted molar refractivity (Wildman–Crippen MR) is 60.5 cm³/mol. The molecule has 1 aromatic rings. The van der Waals surface area contributed by atoms with E-state index in [4.69, 9.17) is 10.9 Å². The standard InChI is InChI=1S/C10H13F3N4O/c1-17(6-4-8(14)16-18)9-7(10(11,12)13)3-2-5-15-9/h2-3,5,18H,4,6H2,1H3,(H2,14,16). The molecule has 0 saturated heterocycles. The summed E-state index contributed by atoms with van der Waals surface area (Å²) in [6, 6.07) is 2.19. The van der Waals surface area contributed by atoms with Gasteiger partial charge in [0.25, 0.3) is 0 Å². The third kappa shape index (κ3) is 3.51. The van der Waals surface area contributed by atoms with E-state index < -0.39 is 11.7 Å². The Morgan fingerprint density at radius 2 is 2.22 bits per heavy atom. The van der Waals surface area contributed by atoms with Crippen LogP contribution < -0.4 is 10.6 Å². The van der Waals surface area contributed by atoms with Gasteiger partial charge >= 0.3 is 6.18 Å². The van der Waals surface area contributed by atoms with E-state index in [1.807, 2.05) is 0 Å². The molecule has 0 atom stereocenters. The van der Waals surface area contributed by atoms with Crippen LogP contribution in [0, 0.1) is 0 Å². The summed E-state index contributed by atoms with van der Waals surface area (Å²) in [6.07, 6.45) is -3.04. The molecule has 18 heavy (non-hydrogen) atoms. The lowest BCUT2D eigenvalue weighted by Crippen LogP contribution is -2.27. The highest BCUT2D eigenvalue weighted by Crippen LogP contribution is 2.34. The fourth-order valence-electron chi connectivity index (χ4n) is 1.36. The third-order valence-corrected chi connectivity index (χ3v) is 2.29. The minimum atomic E-state index is -4.46. The number of hydrogen-bond donors (Lipinski definition) is 2. The van der Waals surface area contributed by atoms with E-state index in [0.717, 1.165) is 6.07 Å². The van der Waals surface area contributed by atoms with Gasteiger partial charge in [0.1, 0.15) is 11.7 Å². The summed E-state index contributed by atoms with van der Waals surface area (Å²) in [4.78, 5) is 5.02. The fourth-order valence-corrected chi connectivity index (χ4v) is 1.36. The van der Waals surface area contributed by atoms with Crippen LogP contribution in [0.1, 0.15) is 12.0 Å². The maximum Gasteiger partial charge on any atom is 0.419 e. The first kappa shape index (κ1) is 14.1. The summed E-state index contributed by atoms with van der Waals surface area (Å²) in [5, 5.41) is 11.1. The van der Waals surface area contributed by atoms with Crippen LogP contribution in [0.5, 0.6) is 0 Å². The minimum Gasteiger partial charge on any atom is -0.409 e. The molecule has 0 aromatic carbocycles. The molecule has 0 fully saturated rings. The van der Waals surface area contributed by atoms with Gasteiger partial charge < -0.3 is 15.8 Å². The molecule has 0 amide bonds. The molecule has 5 nitrogen and oxygen atoms in total. The van der Waals surface area contributed by atoms with Crippen molar-refractivity contribution >= 4 is 11.7 Å². The van der Waals surface area contributed by atoms with Crippen molar-refractivity contribution in [2.75, 3.05) is 18.5 Å². The van der Waals surface area contributed by atoms with Gasteiger partial charge in [0.15, 0.2) is 0 Å². The normalized spacial score (nSPS) is 12.6. The Morgan fingerprint density at radius 1 is 1.56 bits per heavy atom. The molecule has 1 aromatic heterocycles. The first-order chi connectivity index (χ1) is 8.36. The first-order valence-electron chi connectivity index (χ1n) is 5.06. The number of halogens is 3. The van der Waals surface area contributed by atoms with Crippen LogP contribution in [-0.2, 0) is 6.18 Å². The van der Waals surface area contributed by atoms with Gasteiger partial charge in [-0.05, 0) is 12.1 Å². The van der Waals surface area contributed by atoms with Gasteiger partial charge in [-0.1, -0.05) is 5.16 Å². The summed E-state index contributed by atoms with van der Waals surface area (Å²) >= 11 is 0. The van der Waals surface area contributed by atoms with Crippen LogP contribution in [0.25, 0.3) is 0 Å². The molecule has 0 aliphatic heterocycles. The molecule has 0 aliphatic carbocycles. The van der Waals surface area contributed by atoms with E-state index in [9.17, 15) is 13.2 Å². The smallest absolute Gasteiger partial charge is 0.409 e. The van der Waals surface area contributed by atoms with E-state index >= 15 is 0 Å². The molecule has 100 valence electrons. The molecule has 8 heteroatoms. The van der Waals surface area contributed by atoms with Crippen LogP contribution in [0.4, 0.5) is 19.0 Å². The van der Waals surface area contributed by atoms with Crippen molar-refractivity contribution in [3.8, 4) is 0 Å². The van der Waals surface area contributed by atoms with Crippen molar-refractivity contribution in [2.45, 2.75) is 12.6 Å². The second-order valence-electron chi connectivity index (χ2n) is 3.64. The van der Waals surface area contributed by atoms with Gasteiger partial charge in [-0.15, -0.1) is 0 Å². The highest BCUT2D eigenvalue weighted by Gasteiger charge is 2.34. The van der Waals surface area contributed by atoms with Crippen LogP contribution in [0.3, 0.4) is 0 Å². The van der Waals surface area contributed by atoms with Crippen LogP contribution >= 0.6 is 0 Å². The van der Waals surface area contributed by atoms with Gasteiger partial charge in [0.05, 0.1) is 5.56 Å². The number of pyridine rings is 1. The van der Waals surface area contributed by atoms with E-state index in [1.165, 1.54) is 24.2 Å². The Kier molecular flexibility index (Phi) is 4.35. The number of rotatable bonds is 4. The van der Waals surface area contributed by atoms with Gasteiger partial charge in [0, 0.05) is 26.2 Å². The highest BCUT2D eigenvalue weighted by molar-refractivity contribution is 5.80. The SMILES string of the molecule is CN(CC/C(N)=N/O)c1ncccc1C(F)(F)F. The Hall–Kier alpha value is -1.99. The molecule has 0 radical (unpaired) electrons. The van der Waals surface area contributed by atoms with Crippen LogP contribution in [0.15, 0.2) is 23.5 Å². The summed E-state index contributed by atoms with van der Waals surface area (Å²) in [7, 11) is 1.46. The van der Waals surface area contributed by atoms with Crippen molar-refractivity contribution in [3.63, 3.8) is 0 Å². The summed E-state index contributed by atoms with van der Waals surface area (Å²) in [5.74, 6) is -0.234. The summed E-state index contributed by atoms with van der Waals surface area (Å²) < 4.78 is 38.2. The highest BCUT2D eigenvalue weighted by atomic mass is 19.4. The number of hydrogen-bond acceptors (Lipinski definition) is 4. The number of amidine groups is 1. The maximum absolute atomic E-state index is 12.7. The third-order valence-electron chi connectivity index (χ3n) is 2.29. The van der Waals surface area contributed by atoms with E-state index in [2.05, 4.69) is 10.1 Å². The number of nitrogens with two attached hydrogens (primary N) is 1. The van der Waals surface area contributed by atoms with Gasteiger partial charge in [-0.2, -0.15) is 13.2 Å². The molecular weight excluding hydrogens is 249 g/mol. The zero-order valence-corrected chi connectivity index (χ0v) is 9.65. The van der Waals surface area contributed by atoms with Crippen molar-refractivity contribution < 1.29 is 18.4 Å². The Bertz CT molecular complexity index is 433. The second kappa shape index (κ2) is 5.56. The lowest BCUT2D eigenvalue weighted by Gasteiger charge is -2.21. The molecule has 0 saturated carbocycles. The predicted octanol–water partition coefficient (Wildman–Crippen LogP) is 1.67. The van der Waals surface area contributed by atoms with E-state index in [1.54, 1.807) is 0 Å². The number of nitrogens with zero attached hydrogens (tertiary/aromatic N) is 3. The molecule has 0 bridgehead atoms. The molecular formula is C10H13F3N4O. The average Bonchev–Trinajstić information content (AvgIpc) is 2.34. The molecule has 1 rings (SSSR count). The Balaban J connectivity index is 2.89. The quantitative estimate of drug-likeness (QED) is 0.374. The Labute approximate surface area is 102 Å². The Morgan fingerprint density at radius 3 is 2.78 bits per heavy atom. The van der Waals surface area contributed by atoms with Gasteiger partial charge in [-0.25, -0.2) is 4.98 Å². The lowest BCUT2D eigenvalue weighted by molar-refractivity contribution is -0.137. The minimum absolute atomic E-state index is 0.0497. The van der Waals surface area contributed by atoms with Crippen molar-refractivity contribution in [3.05, 3.63) is 23.9 Å². The average molecular weight is 262 g/mol. The maximum atomic E-state index is 12.7. The van der Waals surface area contributed by atoms with E-state index in [-0.39, 0.29) is 24.6 Å². The van der Waals surface area contributed by atoms with E-state index in [0.29, 0.717) is 0 Å². The first-order valence-corrected chi connectivity index (χ1v) is 5.06. The zero-order chi connectivity index (χ0) is 13.8. The molecule has 1 heterocycles. The largest absolute Gasteiger partial charge is 0.419 e. The van der Waals surface area contributed by atoms with Crippen LogP contribution in [0.2, 0.25) is 0 Å². The lowest BCUT2D eigenvalue weighted by atomic mass is 10.2. The zero-order valence-electron chi connectivity index (χ0n) is 9.65. The number of alkyl halides is 3. The monoisotopic (exact) mass is 262 g/mol. The molecule has 3 N–H and O–H groups in total.